The molecule has 0 fully saturated rings. The maximum absolute atomic E-state index is 11.6. The van der Waals surface area contributed by atoms with Gasteiger partial charge in [0.2, 0.25) is 0 Å². The summed E-state index contributed by atoms with van der Waals surface area (Å²) in [5.41, 5.74) is 3.71. The third-order valence-electron chi connectivity index (χ3n) is 2.85. The van der Waals surface area contributed by atoms with Gasteiger partial charge < -0.3 is 9.47 Å². The highest BCUT2D eigenvalue weighted by molar-refractivity contribution is 5.83. The zero-order valence-electron chi connectivity index (χ0n) is 12.5. The van der Waals surface area contributed by atoms with Crippen LogP contribution in [0.3, 0.4) is 0 Å². The molecule has 0 heterocycles. The van der Waals surface area contributed by atoms with Gasteiger partial charge in [0, 0.05) is 0 Å². The topological polar surface area (TPSA) is 83.7 Å². The van der Waals surface area contributed by atoms with Gasteiger partial charge in [-0.1, -0.05) is 12.1 Å². The largest absolute Gasteiger partial charge is 0.497 e. The number of hydrogen-bond donors (Lipinski definition) is 1. The summed E-state index contributed by atoms with van der Waals surface area (Å²) in [6.45, 7) is -0.165. The molecule has 0 saturated carbocycles. The molecule has 0 aliphatic carbocycles. The minimum absolute atomic E-state index is 0.165. The molecule has 0 aromatic heterocycles. The van der Waals surface area contributed by atoms with Gasteiger partial charge in [0.05, 0.1) is 25.0 Å². The molecule has 116 valence electrons. The second-order valence-electron chi connectivity index (χ2n) is 4.49. The van der Waals surface area contributed by atoms with Crippen LogP contribution in [0.5, 0.6) is 11.5 Å². The lowest BCUT2D eigenvalue weighted by molar-refractivity contribution is -0.123. The van der Waals surface area contributed by atoms with Crippen LogP contribution in [0.2, 0.25) is 0 Å². The highest BCUT2D eigenvalue weighted by Gasteiger charge is 2.01. The van der Waals surface area contributed by atoms with Gasteiger partial charge in [-0.05, 0) is 42.0 Å². The van der Waals surface area contributed by atoms with Gasteiger partial charge in [-0.15, -0.1) is 0 Å². The van der Waals surface area contributed by atoms with Crippen molar-refractivity contribution in [1.29, 1.82) is 5.26 Å². The number of nitrogens with one attached hydrogen (secondary N) is 1. The van der Waals surface area contributed by atoms with Crippen LogP contribution in [0.4, 0.5) is 0 Å². The highest BCUT2D eigenvalue weighted by Crippen LogP contribution is 2.11. The van der Waals surface area contributed by atoms with E-state index in [4.69, 9.17) is 14.7 Å². The van der Waals surface area contributed by atoms with Crippen LogP contribution in [0.15, 0.2) is 53.6 Å². The molecule has 0 spiro atoms. The van der Waals surface area contributed by atoms with Crippen LogP contribution in [0.25, 0.3) is 0 Å². The molecule has 1 N–H and O–H groups in total. The first-order valence-electron chi connectivity index (χ1n) is 6.80. The Bertz CT molecular complexity index is 733. The van der Waals surface area contributed by atoms with Crippen LogP contribution in [0.1, 0.15) is 11.1 Å². The van der Waals surface area contributed by atoms with E-state index in [1.807, 2.05) is 24.3 Å². The Balaban J connectivity index is 1.80. The number of rotatable bonds is 6. The summed E-state index contributed by atoms with van der Waals surface area (Å²) < 4.78 is 10.4. The number of carbonyl (C=O) groups is 1. The number of carbonyl (C=O) groups excluding carboxylic acids is 1. The smallest absolute Gasteiger partial charge is 0.277 e. The van der Waals surface area contributed by atoms with Gasteiger partial charge in [0.25, 0.3) is 5.91 Å². The van der Waals surface area contributed by atoms with Crippen molar-refractivity contribution in [1.82, 2.24) is 5.43 Å². The molecule has 2 rings (SSSR count). The summed E-state index contributed by atoms with van der Waals surface area (Å²) in [5.74, 6) is 0.842. The molecule has 0 atom stereocenters. The van der Waals surface area contributed by atoms with Gasteiger partial charge in [-0.3, -0.25) is 4.79 Å². The van der Waals surface area contributed by atoms with E-state index in [0.29, 0.717) is 17.1 Å². The predicted molar refractivity (Wildman–Crippen MR) is 85.4 cm³/mol. The van der Waals surface area contributed by atoms with E-state index in [0.717, 1.165) is 5.56 Å². The Morgan fingerprint density at radius 1 is 1.26 bits per heavy atom. The molecule has 2 aromatic rings. The van der Waals surface area contributed by atoms with E-state index < -0.39 is 0 Å². The third kappa shape index (κ3) is 5.17. The SMILES string of the molecule is COc1cccc(/C=N/NC(=O)COc2ccc(C#N)cc2)c1. The molecular weight excluding hydrogens is 294 g/mol. The lowest BCUT2D eigenvalue weighted by atomic mass is 10.2. The number of nitrogens with zero attached hydrogens (tertiary/aromatic N) is 2. The maximum Gasteiger partial charge on any atom is 0.277 e. The number of amides is 1. The third-order valence-corrected chi connectivity index (χ3v) is 2.85. The van der Waals surface area contributed by atoms with Crippen LogP contribution in [0, 0.1) is 11.3 Å². The summed E-state index contributed by atoms with van der Waals surface area (Å²) in [6.07, 6.45) is 1.52. The second-order valence-corrected chi connectivity index (χ2v) is 4.49. The van der Waals surface area contributed by atoms with E-state index in [1.54, 1.807) is 37.4 Å². The summed E-state index contributed by atoms with van der Waals surface area (Å²) in [7, 11) is 1.58. The van der Waals surface area contributed by atoms with Gasteiger partial charge in [-0.2, -0.15) is 10.4 Å². The van der Waals surface area contributed by atoms with Crippen molar-refractivity contribution >= 4 is 12.1 Å². The van der Waals surface area contributed by atoms with E-state index in [1.165, 1.54) is 6.21 Å². The monoisotopic (exact) mass is 309 g/mol. The van der Waals surface area contributed by atoms with E-state index in [9.17, 15) is 4.79 Å². The summed E-state index contributed by atoms with van der Waals surface area (Å²) >= 11 is 0. The summed E-state index contributed by atoms with van der Waals surface area (Å²) in [5, 5.41) is 12.5. The van der Waals surface area contributed by atoms with Gasteiger partial charge in [0.15, 0.2) is 6.61 Å². The number of hydrazone groups is 1. The van der Waals surface area contributed by atoms with Gasteiger partial charge in [-0.25, -0.2) is 5.43 Å². The van der Waals surface area contributed by atoms with Crippen LogP contribution in [-0.2, 0) is 4.79 Å². The first-order valence-corrected chi connectivity index (χ1v) is 6.80. The Morgan fingerprint density at radius 2 is 2.04 bits per heavy atom. The van der Waals surface area contributed by atoms with Crippen molar-refractivity contribution in [3.8, 4) is 17.6 Å². The molecule has 2 aromatic carbocycles. The molecule has 1 amide bonds. The van der Waals surface area contributed by atoms with Crippen LogP contribution >= 0.6 is 0 Å². The van der Waals surface area contributed by atoms with Crippen molar-refractivity contribution < 1.29 is 14.3 Å². The minimum atomic E-state index is -0.381. The molecule has 6 heteroatoms. The van der Waals surface area contributed by atoms with E-state index >= 15 is 0 Å². The summed E-state index contributed by atoms with van der Waals surface area (Å²) in [4.78, 5) is 11.6. The zero-order chi connectivity index (χ0) is 16.5. The van der Waals surface area contributed by atoms with Gasteiger partial charge in [0.1, 0.15) is 11.5 Å². The lowest BCUT2D eigenvalue weighted by Crippen LogP contribution is -2.24. The lowest BCUT2D eigenvalue weighted by Gasteiger charge is -2.04. The van der Waals surface area contributed by atoms with E-state index in [2.05, 4.69) is 10.5 Å². The molecule has 0 saturated heterocycles. The Hall–Kier alpha value is -3.33. The zero-order valence-corrected chi connectivity index (χ0v) is 12.5. The number of ether oxygens (including phenoxy) is 2. The highest BCUT2D eigenvalue weighted by atomic mass is 16.5. The fourth-order valence-electron chi connectivity index (χ4n) is 1.71. The fourth-order valence-corrected chi connectivity index (χ4v) is 1.71. The molecule has 0 aliphatic heterocycles. The second kappa shape index (κ2) is 8.20. The number of nitriles is 1. The number of methoxy groups -OCH3 is 1. The van der Waals surface area contributed by atoms with Crippen molar-refractivity contribution in [3.05, 3.63) is 59.7 Å². The predicted octanol–water partition coefficient (Wildman–Crippen LogP) is 2.10. The van der Waals surface area contributed by atoms with Crippen molar-refractivity contribution in [2.45, 2.75) is 0 Å². The molecule has 0 radical (unpaired) electrons. The molecule has 0 unspecified atom stereocenters. The fraction of sp³-hybridized carbons (Fsp3) is 0.118. The van der Waals surface area contributed by atoms with Crippen molar-refractivity contribution in [3.63, 3.8) is 0 Å². The standard InChI is InChI=1S/C17H15N3O3/c1-22-16-4-2-3-14(9-16)11-19-20-17(21)12-23-15-7-5-13(10-18)6-8-15/h2-9,11H,12H2,1H3,(H,20,21)/b19-11+. The Labute approximate surface area is 134 Å². The molecule has 6 nitrogen and oxygen atoms in total. The van der Waals surface area contributed by atoms with Crippen molar-refractivity contribution in [2.24, 2.45) is 5.10 Å². The Morgan fingerprint density at radius 3 is 2.74 bits per heavy atom. The molecule has 0 bridgehead atoms. The quantitative estimate of drug-likeness (QED) is 0.654. The normalized spacial score (nSPS) is 10.1. The number of hydrogen-bond acceptors (Lipinski definition) is 5. The van der Waals surface area contributed by atoms with E-state index in [-0.39, 0.29) is 12.5 Å². The number of benzene rings is 2. The van der Waals surface area contributed by atoms with Crippen molar-refractivity contribution in [2.75, 3.05) is 13.7 Å². The van der Waals surface area contributed by atoms with Crippen LogP contribution < -0.4 is 14.9 Å². The van der Waals surface area contributed by atoms with Crippen LogP contribution in [-0.4, -0.2) is 25.8 Å². The molecule has 23 heavy (non-hydrogen) atoms. The minimum Gasteiger partial charge on any atom is -0.497 e. The average Bonchev–Trinajstić information content (AvgIpc) is 2.60. The molecule has 0 aliphatic rings. The molecular formula is C17H15N3O3. The summed E-state index contributed by atoms with van der Waals surface area (Å²) in [6, 6.07) is 15.8. The first kappa shape index (κ1) is 16.0. The maximum atomic E-state index is 11.6. The average molecular weight is 309 g/mol. The van der Waals surface area contributed by atoms with Gasteiger partial charge >= 0.3 is 0 Å². The Kier molecular flexibility index (Phi) is 5.72. The first-order chi connectivity index (χ1) is 11.2.